The van der Waals surface area contributed by atoms with Crippen LogP contribution in [0.15, 0.2) is 0 Å². The van der Waals surface area contributed by atoms with Crippen molar-refractivity contribution in [1.29, 1.82) is 0 Å². The third-order valence-electron chi connectivity index (χ3n) is 4.82. The molecular weight excluding hydrogens is 358 g/mol. The Bertz CT molecular complexity index is 476. The maximum Gasteiger partial charge on any atom is 0.225 e. The van der Waals surface area contributed by atoms with Crippen LogP contribution >= 0.6 is 0 Å². The number of carbonyl (C=O) groups is 3. The highest BCUT2D eigenvalue weighted by Gasteiger charge is 2.25. The minimum absolute atomic E-state index is 0.0000302. The number of rotatable bonds is 16. The van der Waals surface area contributed by atoms with Crippen LogP contribution < -0.4 is 0 Å². The fourth-order valence-corrected chi connectivity index (χ4v) is 2.87. The van der Waals surface area contributed by atoms with Gasteiger partial charge in [0.05, 0.1) is 32.5 Å². The highest BCUT2D eigenvalue weighted by Crippen LogP contribution is 2.15. The van der Waals surface area contributed by atoms with Crippen LogP contribution in [0.1, 0.15) is 67.2 Å². The van der Waals surface area contributed by atoms with Gasteiger partial charge in [-0.1, -0.05) is 41.5 Å². The van der Waals surface area contributed by atoms with Gasteiger partial charge < -0.3 is 14.4 Å². The number of hydrogen-bond acceptors (Lipinski definition) is 5. The number of ether oxygens (including phenoxy) is 2. The Hall–Kier alpha value is -1.27. The number of amides is 1. The zero-order valence-electron chi connectivity index (χ0n) is 19.0. The Morgan fingerprint density at radius 1 is 0.893 bits per heavy atom. The van der Waals surface area contributed by atoms with Crippen LogP contribution in [0.4, 0.5) is 0 Å². The van der Waals surface area contributed by atoms with Gasteiger partial charge in [-0.25, -0.2) is 0 Å². The standard InChI is InChI=1S/C22H41NO5/c1-8-20(24)9-11-27-14-19(15-28-12-10-21(25)17(4)5)23(7)22(26)18(6)13-16(2)3/h16-19H,8-15H2,1-7H3. The second kappa shape index (κ2) is 14.7. The van der Waals surface area contributed by atoms with Crippen molar-refractivity contribution in [3.63, 3.8) is 0 Å². The van der Waals surface area contributed by atoms with Gasteiger partial charge in [-0.15, -0.1) is 0 Å². The summed E-state index contributed by atoms with van der Waals surface area (Å²) in [6.07, 6.45) is 2.09. The molecular formula is C22H41NO5. The third kappa shape index (κ3) is 11.5. The largest absolute Gasteiger partial charge is 0.379 e. The SMILES string of the molecule is CCC(=O)CCOCC(COCCC(=O)C(C)C)N(C)C(=O)C(C)CC(C)C. The highest BCUT2D eigenvalue weighted by atomic mass is 16.5. The maximum absolute atomic E-state index is 12.7. The molecule has 0 aromatic carbocycles. The molecule has 6 nitrogen and oxygen atoms in total. The summed E-state index contributed by atoms with van der Waals surface area (Å²) in [5.74, 6) is 0.765. The number of hydrogen-bond donors (Lipinski definition) is 0. The van der Waals surface area contributed by atoms with Crippen molar-refractivity contribution in [1.82, 2.24) is 4.90 Å². The normalized spacial score (nSPS) is 13.6. The molecule has 6 heteroatoms. The van der Waals surface area contributed by atoms with Crippen LogP contribution in [0.2, 0.25) is 0 Å². The lowest BCUT2D eigenvalue weighted by molar-refractivity contribution is -0.139. The molecule has 0 aliphatic rings. The van der Waals surface area contributed by atoms with E-state index in [1.54, 1.807) is 11.9 Å². The summed E-state index contributed by atoms with van der Waals surface area (Å²) >= 11 is 0. The molecule has 2 unspecified atom stereocenters. The average Bonchev–Trinajstić information content (AvgIpc) is 2.64. The van der Waals surface area contributed by atoms with E-state index in [2.05, 4.69) is 13.8 Å². The molecule has 0 aliphatic carbocycles. The zero-order valence-corrected chi connectivity index (χ0v) is 19.0. The van der Waals surface area contributed by atoms with Crippen LogP contribution in [0.25, 0.3) is 0 Å². The van der Waals surface area contributed by atoms with Crippen LogP contribution in [0.5, 0.6) is 0 Å². The molecule has 28 heavy (non-hydrogen) atoms. The molecule has 0 aromatic heterocycles. The van der Waals surface area contributed by atoms with E-state index in [1.807, 2.05) is 27.7 Å². The van der Waals surface area contributed by atoms with E-state index >= 15 is 0 Å². The number of carbonyl (C=O) groups excluding carboxylic acids is 3. The Labute approximate surface area is 171 Å². The molecule has 0 bridgehead atoms. The Morgan fingerprint density at radius 2 is 1.43 bits per heavy atom. The van der Waals surface area contributed by atoms with Crippen molar-refractivity contribution in [2.45, 2.75) is 73.3 Å². The monoisotopic (exact) mass is 399 g/mol. The van der Waals surface area contributed by atoms with Crippen molar-refractivity contribution in [2.24, 2.45) is 17.8 Å². The molecule has 0 rings (SSSR count). The first-order chi connectivity index (χ1) is 13.1. The zero-order chi connectivity index (χ0) is 21.7. The van der Waals surface area contributed by atoms with Crippen molar-refractivity contribution in [2.75, 3.05) is 33.5 Å². The summed E-state index contributed by atoms with van der Waals surface area (Å²) < 4.78 is 11.3. The summed E-state index contributed by atoms with van der Waals surface area (Å²) in [5, 5.41) is 0. The van der Waals surface area contributed by atoms with E-state index in [0.29, 0.717) is 51.6 Å². The number of Topliss-reactive ketones (excluding diaryl/α,β-unsaturated/α-hetero) is 2. The van der Waals surface area contributed by atoms with Gasteiger partial charge in [-0.2, -0.15) is 0 Å². The van der Waals surface area contributed by atoms with E-state index in [9.17, 15) is 14.4 Å². The van der Waals surface area contributed by atoms with Crippen molar-refractivity contribution in [3.8, 4) is 0 Å². The number of ketones is 2. The first-order valence-corrected chi connectivity index (χ1v) is 10.6. The first-order valence-electron chi connectivity index (χ1n) is 10.6. The lowest BCUT2D eigenvalue weighted by Crippen LogP contribution is -2.45. The molecule has 0 heterocycles. The van der Waals surface area contributed by atoms with Crippen LogP contribution in [0.3, 0.4) is 0 Å². The van der Waals surface area contributed by atoms with Gasteiger partial charge in [-0.3, -0.25) is 14.4 Å². The Balaban J connectivity index is 4.69. The molecule has 1 amide bonds. The van der Waals surface area contributed by atoms with E-state index in [0.717, 1.165) is 6.42 Å². The fraction of sp³-hybridized carbons (Fsp3) is 0.864. The summed E-state index contributed by atoms with van der Waals surface area (Å²) in [6, 6.07) is -0.243. The van der Waals surface area contributed by atoms with Crippen molar-refractivity contribution < 1.29 is 23.9 Å². The summed E-state index contributed by atoms with van der Waals surface area (Å²) in [7, 11) is 1.77. The van der Waals surface area contributed by atoms with E-state index in [-0.39, 0.29) is 35.4 Å². The summed E-state index contributed by atoms with van der Waals surface area (Å²) in [5.41, 5.74) is 0. The second-order valence-electron chi connectivity index (χ2n) is 8.30. The molecule has 0 N–H and O–H groups in total. The molecule has 164 valence electrons. The van der Waals surface area contributed by atoms with Gasteiger partial charge in [0, 0.05) is 38.1 Å². The van der Waals surface area contributed by atoms with Gasteiger partial charge in [0.2, 0.25) is 5.91 Å². The smallest absolute Gasteiger partial charge is 0.225 e. The summed E-state index contributed by atoms with van der Waals surface area (Å²) in [6.45, 7) is 13.0. The predicted octanol–water partition coefficient (Wildman–Crippen LogP) is 3.51. The van der Waals surface area contributed by atoms with Crippen LogP contribution in [-0.2, 0) is 23.9 Å². The third-order valence-corrected chi connectivity index (χ3v) is 4.82. The lowest BCUT2D eigenvalue weighted by Gasteiger charge is -2.30. The maximum atomic E-state index is 12.7. The van der Waals surface area contributed by atoms with Gasteiger partial charge in [0.1, 0.15) is 11.6 Å². The Morgan fingerprint density at radius 3 is 1.89 bits per heavy atom. The minimum Gasteiger partial charge on any atom is -0.379 e. The minimum atomic E-state index is -0.243. The van der Waals surface area contributed by atoms with Crippen LogP contribution in [0, 0.1) is 17.8 Å². The molecule has 0 saturated heterocycles. The van der Waals surface area contributed by atoms with E-state index < -0.39 is 0 Å². The number of nitrogens with zero attached hydrogens (tertiary/aromatic N) is 1. The van der Waals surface area contributed by atoms with E-state index in [4.69, 9.17) is 9.47 Å². The average molecular weight is 400 g/mol. The molecule has 0 radical (unpaired) electrons. The second-order valence-corrected chi connectivity index (χ2v) is 8.30. The fourth-order valence-electron chi connectivity index (χ4n) is 2.87. The molecule has 0 saturated carbocycles. The molecule has 0 aromatic rings. The Kier molecular flexibility index (Phi) is 14.0. The quantitative estimate of drug-likeness (QED) is 0.371. The van der Waals surface area contributed by atoms with Crippen LogP contribution in [-0.4, -0.2) is 61.9 Å². The predicted molar refractivity (Wildman–Crippen MR) is 111 cm³/mol. The van der Waals surface area contributed by atoms with Crippen molar-refractivity contribution >= 4 is 17.5 Å². The van der Waals surface area contributed by atoms with Gasteiger partial charge in [-0.05, 0) is 12.3 Å². The summed E-state index contributed by atoms with van der Waals surface area (Å²) in [4.78, 5) is 37.6. The van der Waals surface area contributed by atoms with Gasteiger partial charge in [0.25, 0.3) is 0 Å². The van der Waals surface area contributed by atoms with Gasteiger partial charge in [0.15, 0.2) is 0 Å². The van der Waals surface area contributed by atoms with Gasteiger partial charge >= 0.3 is 0 Å². The molecule has 0 spiro atoms. The highest BCUT2D eigenvalue weighted by molar-refractivity contribution is 5.80. The molecule has 0 fully saturated rings. The van der Waals surface area contributed by atoms with Crippen molar-refractivity contribution in [3.05, 3.63) is 0 Å². The lowest BCUT2D eigenvalue weighted by atomic mass is 9.97. The topological polar surface area (TPSA) is 72.9 Å². The molecule has 2 atom stereocenters. The number of likely N-dealkylation sites (N-methyl/N-ethyl adjacent to an activating group) is 1. The first kappa shape index (κ1) is 26.7. The molecule has 0 aliphatic heterocycles. The van der Waals surface area contributed by atoms with E-state index in [1.165, 1.54) is 0 Å².